The van der Waals surface area contributed by atoms with Gasteiger partial charge in [-0.2, -0.15) is 0 Å². The van der Waals surface area contributed by atoms with Gasteiger partial charge in [0.1, 0.15) is 5.76 Å². The second-order valence-electron chi connectivity index (χ2n) is 4.02. The van der Waals surface area contributed by atoms with E-state index in [9.17, 15) is 4.79 Å². The molecule has 5 heteroatoms. The summed E-state index contributed by atoms with van der Waals surface area (Å²) in [6.07, 6.45) is 3.76. The fraction of sp³-hybridized carbons (Fsp3) is 0.357. The molecule has 19 heavy (non-hydrogen) atoms. The fourth-order valence-electron chi connectivity index (χ4n) is 1.81. The number of furan rings is 1. The largest absolute Gasteiger partial charge is 0.469 e. The zero-order chi connectivity index (χ0) is 13.8. The number of aromatic nitrogens is 2. The highest BCUT2D eigenvalue weighted by atomic mass is 16.5. The monoisotopic (exact) mass is 260 g/mol. The van der Waals surface area contributed by atoms with Crippen LogP contribution in [0.1, 0.15) is 35.7 Å². The molecule has 0 aliphatic heterocycles. The number of carbonyl (C=O) groups excluding carboxylic acids is 1. The van der Waals surface area contributed by atoms with Crippen LogP contribution in [0.15, 0.2) is 22.9 Å². The van der Waals surface area contributed by atoms with Crippen LogP contribution in [0.25, 0.3) is 11.4 Å². The number of aryl methyl sites for hydroxylation is 2. The number of rotatable bonds is 4. The molecule has 2 rings (SSSR count). The molecule has 100 valence electrons. The highest BCUT2D eigenvalue weighted by Gasteiger charge is 2.16. The lowest BCUT2D eigenvalue weighted by Crippen LogP contribution is -2.11. The molecular formula is C14H16N2O3. The molecule has 2 heterocycles. The number of hydrogen-bond acceptors (Lipinski definition) is 5. The Morgan fingerprint density at radius 2 is 2.21 bits per heavy atom. The summed E-state index contributed by atoms with van der Waals surface area (Å²) >= 11 is 0. The van der Waals surface area contributed by atoms with Crippen LogP contribution in [0.3, 0.4) is 0 Å². The molecule has 0 fully saturated rings. The molecule has 0 spiro atoms. The minimum atomic E-state index is -0.380. The van der Waals surface area contributed by atoms with Crippen molar-refractivity contribution in [2.45, 2.75) is 27.2 Å². The maximum absolute atomic E-state index is 11.8. The predicted octanol–water partition coefficient (Wildman–Crippen LogP) is 2.78. The second-order valence-corrected chi connectivity index (χ2v) is 4.02. The Hall–Kier alpha value is -2.17. The van der Waals surface area contributed by atoms with Crippen molar-refractivity contribution in [3.63, 3.8) is 0 Å². The van der Waals surface area contributed by atoms with Crippen LogP contribution in [0.5, 0.6) is 0 Å². The van der Waals surface area contributed by atoms with E-state index in [4.69, 9.17) is 9.15 Å². The van der Waals surface area contributed by atoms with Gasteiger partial charge in [0.25, 0.3) is 0 Å². The average molecular weight is 260 g/mol. The first kappa shape index (κ1) is 13.3. The second kappa shape index (κ2) is 5.65. The van der Waals surface area contributed by atoms with Gasteiger partial charge in [0, 0.05) is 6.20 Å². The minimum absolute atomic E-state index is 0.338. The molecule has 2 aromatic rings. The molecule has 0 unspecified atom stereocenters. The number of nitrogens with zero attached hydrogens (tertiary/aromatic N) is 2. The number of ether oxygens (including phenoxy) is 1. The number of hydrogen-bond donors (Lipinski definition) is 0. The summed E-state index contributed by atoms with van der Waals surface area (Å²) in [5.41, 5.74) is 1.95. The smallest absolute Gasteiger partial charge is 0.341 e. The van der Waals surface area contributed by atoms with Crippen molar-refractivity contribution < 1.29 is 13.9 Å². The Balaban J connectivity index is 2.42. The lowest BCUT2D eigenvalue weighted by atomic mass is 10.1. The van der Waals surface area contributed by atoms with Crippen LogP contribution >= 0.6 is 0 Å². The zero-order valence-corrected chi connectivity index (χ0v) is 11.3. The first-order chi connectivity index (χ1) is 9.17. The van der Waals surface area contributed by atoms with Crippen LogP contribution in [-0.2, 0) is 11.2 Å². The van der Waals surface area contributed by atoms with Crippen molar-refractivity contribution in [3.8, 4) is 11.4 Å². The summed E-state index contributed by atoms with van der Waals surface area (Å²) in [6, 6.07) is 1.81. The van der Waals surface area contributed by atoms with Gasteiger partial charge >= 0.3 is 5.97 Å². The van der Waals surface area contributed by atoms with Crippen LogP contribution in [0, 0.1) is 6.92 Å². The topological polar surface area (TPSA) is 65.2 Å². The normalized spacial score (nSPS) is 10.5. The first-order valence-corrected chi connectivity index (χ1v) is 6.24. The Morgan fingerprint density at radius 3 is 2.79 bits per heavy atom. The van der Waals surface area contributed by atoms with E-state index in [-0.39, 0.29) is 5.97 Å². The molecule has 2 aromatic heterocycles. The molecule has 0 N–H and O–H groups in total. The average Bonchev–Trinajstić information content (AvgIpc) is 2.84. The molecule has 0 saturated carbocycles. The van der Waals surface area contributed by atoms with Gasteiger partial charge in [0.15, 0.2) is 5.82 Å². The van der Waals surface area contributed by atoms with Gasteiger partial charge in [0.05, 0.1) is 29.7 Å². The number of esters is 1. The fourth-order valence-corrected chi connectivity index (χ4v) is 1.81. The summed E-state index contributed by atoms with van der Waals surface area (Å²) in [4.78, 5) is 20.4. The Labute approximate surface area is 111 Å². The molecule has 0 radical (unpaired) electrons. The van der Waals surface area contributed by atoms with Gasteiger partial charge in [-0.05, 0) is 26.3 Å². The van der Waals surface area contributed by atoms with Crippen molar-refractivity contribution in [2.24, 2.45) is 0 Å². The van der Waals surface area contributed by atoms with Crippen molar-refractivity contribution in [1.29, 1.82) is 0 Å². The third-order valence-electron chi connectivity index (χ3n) is 2.80. The van der Waals surface area contributed by atoms with E-state index >= 15 is 0 Å². The summed E-state index contributed by atoms with van der Waals surface area (Å²) in [5.74, 6) is 0.942. The molecule has 0 amide bonds. The molecule has 0 aliphatic rings. The summed E-state index contributed by atoms with van der Waals surface area (Å²) < 4.78 is 10.2. The third-order valence-corrected chi connectivity index (χ3v) is 2.80. The predicted molar refractivity (Wildman–Crippen MR) is 69.8 cm³/mol. The molecule has 0 aromatic carbocycles. The van der Waals surface area contributed by atoms with E-state index in [1.807, 2.05) is 19.9 Å². The minimum Gasteiger partial charge on any atom is -0.469 e. The summed E-state index contributed by atoms with van der Waals surface area (Å²) in [7, 11) is 0. The SMILES string of the molecule is CCOC(=O)c1cnc(-c2ccoc2C)nc1CC. The van der Waals surface area contributed by atoms with E-state index in [1.165, 1.54) is 6.20 Å². The first-order valence-electron chi connectivity index (χ1n) is 6.24. The molecule has 0 bridgehead atoms. The van der Waals surface area contributed by atoms with Crippen molar-refractivity contribution in [2.75, 3.05) is 6.61 Å². The third kappa shape index (κ3) is 2.65. The van der Waals surface area contributed by atoms with E-state index in [0.29, 0.717) is 30.1 Å². The van der Waals surface area contributed by atoms with E-state index in [2.05, 4.69) is 9.97 Å². The molecule has 0 aliphatic carbocycles. The quantitative estimate of drug-likeness (QED) is 0.791. The zero-order valence-electron chi connectivity index (χ0n) is 11.3. The van der Waals surface area contributed by atoms with Gasteiger partial charge in [-0.1, -0.05) is 6.92 Å². The molecular weight excluding hydrogens is 244 g/mol. The van der Waals surface area contributed by atoms with Crippen LogP contribution in [0.4, 0.5) is 0 Å². The maximum atomic E-state index is 11.8. The van der Waals surface area contributed by atoms with Crippen molar-refractivity contribution >= 4 is 5.97 Å². The molecule has 0 atom stereocenters. The van der Waals surface area contributed by atoms with Crippen LogP contribution in [-0.4, -0.2) is 22.5 Å². The number of carbonyl (C=O) groups is 1. The van der Waals surface area contributed by atoms with E-state index in [0.717, 1.165) is 11.3 Å². The Bertz CT molecular complexity index is 590. The standard InChI is InChI=1S/C14H16N2O3/c1-4-12-11(14(17)18-5-2)8-15-13(16-12)10-6-7-19-9(10)3/h6-8H,4-5H2,1-3H3. The van der Waals surface area contributed by atoms with Crippen molar-refractivity contribution in [1.82, 2.24) is 9.97 Å². The Kier molecular flexibility index (Phi) is 3.94. The van der Waals surface area contributed by atoms with Crippen molar-refractivity contribution in [3.05, 3.63) is 35.5 Å². The highest BCUT2D eigenvalue weighted by Crippen LogP contribution is 2.21. The Morgan fingerprint density at radius 1 is 1.42 bits per heavy atom. The summed E-state index contributed by atoms with van der Waals surface area (Å²) in [6.45, 7) is 5.90. The lowest BCUT2D eigenvalue weighted by molar-refractivity contribution is 0.0524. The molecule has 0 saturated heterocycles. The maximum Gasteiger partial charge on any atom is 0.341 e. The van der Waals surface area contributed by atoms with Gasteiger partial charge in [-0.25, -0.2) is 14.8 Å². The van der Waals surface area contributed by atoms with Gasteiger partial charge < -0.3 is 9.15 Å². The van der Waals surface area contributed by atoms with Crippen LogP contribution < -0.4 is 0 Å². The highest BCUT2D eigenvalue weighted by molar-refractivity contribution is 5.90. The summed E-state index contributed by atoms with van der Waals surface area (Å²) in [5, 5.41) is 0. The van der Waals surface area contributed by atoms with Crippen LogP contribution in [0.2, 0.25) is 0 Å². The van der Waals surface area contributed by atoms with E-state index < -0.39 is 0 Å². The van der Waals surface area contributed by atoms with Gasteiger partial charge in [0.2, 0.25) is 0 Å². The van der Waals surface area contributed by atoms with Gasteiger partial charge in [-0.3, -0.25) is 0 Å². The lowest BCUT2D eigenvalue weighted by Gasteiger charge is -2.07. The van der Waals surface area contributed by atoms with Gasteiger partial charge in [-0.15, -0.1) is 0 Å². The van der Waals surface area contributed by atoms with E-state index in [1.54, 1.807) is 13.2 Å². The molecule has 5 nitrogen and oxygen atoms in total.